The minimum absolute atomic E-state index is 0.480. The summed E-state index contributed by atoms with van der Waals surface area (Å²) >= 11 is 6.00. The molecule has 0 aliphatic heterocycles. The Kier molecular flexibility index (Phi) is 15.1. The fourth-order valence-electron chi connectivity index (χ4n) is 6.13. The number of rotatable bonds is 7. The summed E-state index contributed by atoms with van der Waals surface area (Å²) in [7, 11) is 1.25. The Morgan fingerprint density at radius 3 is 1.00 bits per heavy atom. The first kappa shape index (κ1) is 29.8. The molecule has 0 saturated heterocycles. The predicted molar refractivity (Wildman–Crippen MR) is 143 cm³/mol. The average Bonchev–Trinajstić information content (AvgIpc) is 2.71. The van der Waals surface area contributed by atoms with Crippen LogP contribution in [-0.2, 0) is 10.9 Å². The average molecular weight is 607 g/mol. The van der Waals surface area contributed by atoms with Crippen molar-refractivity contribution in [2.45, 2.75) is 106 Å². The Morgan fingerprint density at radius 1 is 0.581 bits per heavy atom. The molecule has 0 aromatic carbocycles. The van der Waals surface area contributed by atoms with Gasteiger partial charge in [0.15, 0.2) is 0 Å². The maximum atomic E-state index is 5.14. The van der Waals surface area contributed by atoms with E-state index in [0.717, 1.165) is 47.3 Å². The Labute approximate surface area is 214 Å². The molecule has 0 heterocycles. The number of hydrogen-bond acceptors (Lipinski definition) is 2. The normalized spacial score (nSPS) is 32.6. The van der Waals surface area contributed by atoms with Crippen LogP contribution in [-0.4, -0.2) is 24.5 Å². The van der Waals surface area contributed by atoms with Crippen molar-refractivity contribution in [1.82, 2.24) is 0 Å². The molecule has 0 aromatic rings. The van der Waals surface area contributed by atoms with E-state index in [9.17, 15) is 0 Å². The van der Waals surface area contributed by atoms with Crippen molar-refractivity contribution in [3.05, 3.63) is 0 Å². The predicted octanol–water partition coefficient (Wildman–Crippen LogP) is 9.01. The van der Waals surface area contributed by atoms with Gasteiger partial charge in [0.25, 0.3) is 0 Å². The SMILES string of the molecule is CC(C)C1CCCC(C(C)C)C1N=CC=NC1C(C(C)C)CCCC1C(C)C.[Br][Ni][Br]. The summed E-state index contributed by atoms with van der Waals surface area (Å²) in [4.78, 5) is 10.3. The van der Waals surface area contributed by atoms with Gasteiger partial charge in [-0.3, -0.25) is 9.98 Å². The van der Waals surface area contributed by atoms with Crippen LogP contribution in [0.1, 0.15) is 93.9 Å². The zero-order valence-electron chi connectivity index (χ0n) is 21.1. The van der Waals surface area contributed by atoms with Crippen LogP contribution in [0.5, 0.6) is 0 Å². The Morgan fingerprint density at radius 2 is 0.806 bits per heavy atom. The number of hydrogen-bond donors (Lipinski definition) is 0. The fourth-order valence-corrected chi connectivity index (χ4v) is 6.13. The number of nitrogens with zero attached hydrogens (tertiary/aromatic N) is 2. The van der Waals surface area contributed by atoms with Crippen molar-refractivity contribution in [1.29, 1.82) is 0 Å². The van der Waals surface area contributed by atoms with E-state index in [1.54, 1.807) is 0 Å². The Bertz CT molecular complexity index is 456. The zero-order valence-corrected chi connectivity index (χ0v) is 25.3. The van der Waals surface area contributed by atoms with Crippen LogP contribution in [0.4, 0.5) is 0 Å². The minimum atomic E-state index is 0.480. The zero-order chi connectivity index (χ0) is 23.6. The third-order valence-corrected chi connectivity index (χ3v) is 7.91. The van der Waals surface area contributed by atoms with Crippen LogP contribution in [0.25, 0.3) is 0 Å². The van der Waals surface area contributed by atoms with Gasteiger partial charge in [-0.05, 0) is 73.0 Å². The second-order valence-corrected chi connectivity index (χ2v) is 16.1. The molecule has 2 saturated carbocycles. The molecule has 2 fully saturated rings. The van der Waals surface area contributed by atoms with Gasteiger partial charge in [-0.15, -0.1) is 0 Å². The van der Waals surface area contributed by atoms with E-state index in [4.69, 9.17) is 9.98 Å². The monoisotopic (exact) mass is 604 g/mol. The van der Waals surface area contributed by atoms with E-state index in [-0.39, 0.29) is 0 Å². The van der Waals surface area contributed by atoms with Gasteiger partial charge >= 0.3 is 39.3 Å². The second kappa shape index (κ2) is 15.6. The van der Waals surface area contributed by atoms with Crippen molar-refractivity contribution >= 4 is 40.9 Å². The van der Waals surface area contributed by atoms with E-state index in [2.05, 4.69) is 96.3 Å². The van der Waals surface area contributed by atoms with Gasteiger partial charge in [0.1, 0.15) is 0 Å². The molecule has 0 radical (unpaired) electrons. The van der Waals surface area contributed by atoms with Crippen molar-refractivity contribution in [2.24, 2.45) is 57.3 Å². The van der Waals surface area contributed by atoms with Gasteiger partial charge in [0.2, 0.25) is 0 Å². The molecule has 0 bridgehead atoms. The second-order valence-electron chi connectivity index (χ2n) is 11.1. The van der Waals surface area contributed by atoms with E-state index >= 15 is 0 Å². The molecule has 2 aliphatic carbocycles. The van der Waals surface area contributed by atoms with Gasteiger partial charge < -0.3 is 0 Å². The summed E-state index contributed by atoms with van der Waals surface area (Å²) in [6.07, 6.45) is 12.3. The van der Waals surface area contributed by atoms with Gasteiger partial charge in [0.05, 0.1) is 12.1 Å². The van der Waals surface area contributed by atoms with Crippen LogP contribution >= 0.6 is 28.5 Å². The van der Waals surface area contributed by atoms with E-state index < -0.39 is 0 Å². The third-order valence-electron chi connectivity index (χ3n) is 7.91. The first-order chi connectivity index (χ1) is 14.6. The molecule has 0 spiro atoms. The van der Waals surface area contributed by atoms with Gasteiger partial charge in [-0.1, -0.05) is 68.2 Å². The molecular weight excluding hydrogens is 559 g/mol. The molecule has 2 nitrogen and oxygen atoms in total. The Balaban J connectivity index is 0.00000151. The Hall–Kier alpha value is 0.794. The van der Waals surface area contributed by atoms with Crippen LogP contribution in [0.3, 0.4) is 0 Å². The number of aliphatic imine (C=N–C) groups is 2. The molecule has 31 heavy (non-hydrogen) atoms. The molecule has 2 aliphatic rings. The van der Waals surface area contributed by atoms with Gasteiger partial charge in [0, 0.05) is 12.4 Å². The fraction of sp³-hybridized carbons (Fsp3) is 0.923. The molecule has 0 aromatic heterocycles. The van der Waals surface area contributed by atoms with Crippen LogP contribution < -0.4 is 0 Å². The summed E-state index contributed by atoms with van der Waals surface area (Å²) in [5.41, 5.74) is 0. The summed E-state index contributed by atoms with van der Waals surface area (Å²) < 4.78 is 0. The summed E-state index contributed by atoms with van der Waals surface area (Å²) in [5.74, 6) is 5.78. The molecule has 0 amide bonds. The van der Waals surface area contributed by atoms with Crippen molar-refractivity contribution in [3.8, 4) is 0 Å². The topological polar surface area (TPSA) is 24.7 Å². The summed E-state index contributed by atoms with van der Waals surface area (Å²) in [6, 6.07) is 0.960. The van der Waals surface area contributed by atoms with E-state index in [1.807, 2.05) is 0 Å². The molecular formula is C26H48Br2N2Ni. The molecule has 2 rings (SSSR count). The first-order valence-electron chi connectivity index (χ1n) is 12.5. The maximum absolute atomic E-state index is 5.14. The van der Waals surface area contributed by atoms with Crippen molar-refractivity contribution < 1.29 is 10.9 Å². The first-order valence-corrected chi connectivity index (χ1v) is 17.4. The summed E-state index contributed by atoms with van der Waals surface area (Å²) in [6.45, 7) is 19.1. The van der Waals surface area contributed by atoms with Gasteiger partial charge in [-0.25, -0.2) is 0 Å². The molecule has 4 unspecified atom stereocenters. The van der Waals surface area contributed by atoms with Crippen molar-refractivity contribution in [2.75, 3.05) is 0 Å². The third kappa shape index (κ3) is 9.52. The molecule has 186 valence electrons. The van der Waals surface area contributed by atoms with E-state index in [1.165, 1.54) is 49.4 Å². The van der Waals surface area contributed by atoms with Crippen LogP contribution in [0.2, 0.25) is 0 Å². The van der Waals surface area contributed by atoms with Crippen LogP contribution in [0, 0.1) is 47.3 Å². The molecule has 4 atom stereocenters. The van der Waals surface area contributed by atoms with Crippen LogP contribution in [0.15, 0.2) is 9.98 Å². The summed E-state index contributed by atoms with van der Waals surface area (Å²) in [5, 5.41) is 0. The standard InChI is InChI=1S/C26H48N2.2BrH.Ni/c1-17(2)21-11-9-12-22(18(3)4)25(21)27-15-16-28-26-23(19(5)6)13-10-14-24(26)20(7)8;;;/h15-26H,9-14H2,1-8H3;2*1H;/q;;;+2/p-2. The van der Waals surface area contributed by atoms with E-state index in [0.29, 0.717) is 12.1 Å². The molecule has 5 heteroatoms. The van der Waals surface area contributed by atoms with Crippen molar-refractivity contribution in [3.63, 3.8) is 0 Å². The van der Waals surface area contributed by atoms with Gasteiger partial charge in [-0.2, -0.15) is 0 Å². The molecule has 0 N–H and O–H groups in total. The quantitative estimate of drug-likeness (QED) is 0.204. The number of halogens is 2.